The molecule has 0 radical (unpaired) electrons. The summed E-state index contributed by atoms with van der Waals surface area (Å²) in [5.74, 6) is -0.396. The molecule has 1 fully saturated rings. The molecule has 0 spiro atoms. The van der Waals surface area contributed by atoms with Crippen molar-refractivity contribution < 1.29 is 21.9 Å². The molecule has 0 bridgehead atoms. The smallest absolute Gasteiger partial charge is 0.215 e. The van der Waals surface area contributed by atoms with Crippen molar-refractivity contribution in [1.29, 1.82) is 0 Å². The van der Waals surface area contributed by atoms with E-state index in [-0.39, 0.29) is 24.5 Å². The van der Waals surface area contributed by atoms with Crippen molar-refractivity contribution in [2.24, 2.45) is 0 Å². The second-order valence-electron chi connectivity index (χ2n) is 3.77. The Morgan fingerprint density at radius 3 is 2.53 bits per heavy atom. The third-order valence-electron chi connectivity index (χ3n) is 2.27. The molecule has 0 saturated carbocycles. The van der Waals surface area contributed by atoms with Crippen molar-refractivity contribution in [1.82, 2.24) is 4.72 Å². The largest absolute Gasteiger partial charge is 0.395 e. The van der Waals surface area contributed by atoms with Crippen LogP contribution < -0.4 is 4.72 Å². The van der Waals surface area contributed by atoms with E-state index in [4.69, 9.17) is 5.11 Å². The molecule has 2 unspecified atom stereocenters. The lowest BCUT2D eigenvalue weighted by atomic mass is 10.4. The molecular weight excluding hydrogens is 242 g/mol. The molecule has 0 amide bonds. The molecule has 0 aromatic rings. The van der Waals surface area contributed by atoms with Gasteiger partial charge < -0.3 is 5.11 Å². The van der Waals surface area contributed by atoms with E-state index in [0.29, 0.717) is 0 Å². The van der Waals surface area contributed by atoms with Gasteiger partial charge in [-0.1, -0.05) is 0 Å². The Morgan fingerprint density at radius 2 is 2.13 bits per heavy atom. The summed E-state index contributed by atoms with van der Waals surface area (Å²) in [5.41, 5.74) is 0. The maximum Gasteiger partial charge on any atom is 0.215 e. The van der Waals surface area contributed by atoms with Crippen LogP contribution in [0.4, 0.5) is 0 Å². The van der Waals surface area contributed by atoms with Gasteiger partial charge in [0, 0.05) is 6.04 Å². The molecule has 2 atom stereocenters. The Kier molecular flexibility index (Phi) is 3.75. The monoisotopic (exact) mass is 257 g/mol. The quantitative estimate of drug-likeness (QED) is 0.636. The number of rotatable bonds is 4. The van der Waals surface area contributed by atoms with E-state index in [0.717, 1.165) is 0 Å². The zero-order valence-electron chi connectivity index (χ0n) is 8.38. The molecule has 2 N–H and O–H groups in total. The third-order valence-corrected chi connectivity index (χ3v) is 6.26. The summed E-state index contributed by atoms with van der Waals surface area (Å²) in [5, 5.41) is 7.82. The van der Waals surface area contributed by atoms with E-state index in [1.165, 1.54) is 6.92 Å². The highest BCUT2D eigenvalue weighted by Gasteiger charge is 2.37. The summed E-state index contributed by atoms with van der Waals surface area (Å²) < 4.78 is 47.7. The first-order valence-corrected chi connectivity index (χ1v) is 7.96. The van der Waals surface area contributed by atoms with Crippen LogP contribution in [0.3, 0.4) is 0 Å². The molecule has 15 heavy (non-hydrogen) atoms. The topological polar surface area (TPSA) is 101 Å². The minimum absolute atomic E-state index is 0.0773. The molecule has 0 aromatic carbocycles. The van der Waals surface area contributed by atoms with Gasteiger partial charge in [-0.3, -0.25) is 0 Å². The molecule has 1 aliphatic heterocycles. The Bertz CT molecular complexity index is 413. The van der Waals surface area contributed by atoms with Gasteiger partial charge in [-0.25, -0.2) is 21.6 Å². The van der Waals surface area contributed by atoms with Crippen LogP contribution in [0.25, 0.3) is 0 Å². The van der Waals surface area contributed by atoms with Gasteiger partial charge in [-0.2, -0.15) is 0 Å². The van der Waals surface area contributed by atoms with Gasteiger partial charge in [0.1, 0.15) is 0 Å². The standard InChI is InChI=1S/C7H15NO5S2/c1-6(4-9)8-15(12,13)7-2-3-14(10,11)5-7/h6-9H,2-5H2,1H3. The number of hydrogen-bond acceptors (Lipinski definition) is 5. The molecule has 1 aliphatic rings. The van der Waals surface area contributed by atoms with Crippen molar-refractivity contribution >= 4 is 19.9 Å². The minimum atomic E-state index is -3.63. The van der Waals surface area contributed by atoms with Gasteiger partial charge in [0.05, 0.1) is 23.4 Å². The number of nitrogens with one attached hydrogen (secondary N) is 1. The van der Waals surface area contributed by atoms with Crippen molar-refractivity contribution in [3.63, 3.8) is 0 Å². The molecule has 0 aromatic heterocycles. The number of hydrogen-bond donors (Lipinski definition) is 2. The normalized spacial score (nSPS) is 27.7. The Morgan fingerprint density at radius 1 is 1.53 bits per heavy atom. The van der Waals surface area contributed by atoms with Crippen LogP contribution in [-0.4, -0.2) is 51.3 Å². The van der Waals surface area contributed by atoms with E-state index in [1.54, 1.807) is 0 Å². The second-order valence-corrected chi connectivity index (χ2v) is 7.99. The number of sulfonamides is 1. The summed E-state index contributed by atoms with van der Waals surface area (Å²) in [6.45, 7) is 1.21. The first kappa shape index (κ1) is 12.9. The fourth-order valence-electron chi connectivity index (χ4n) is 1.42. The summed E-state index contributed by atoms with van der Waals surface area (Å²) in [4.78, 5) is 0. The average molecular weight is 257 g/mol. The van der Waals surface area contributed by atoms with Crippen molar-refractivity contribution in [2.45, 2.75) is 24.6 Å². The minimum Gasteiger partial charge on any atom is -0.395 e. The summed E-state index contributed by atoms with van der Waals surface area (Å²) in [6.07, 6.45) is 0.135. The van der Waals surface area contributed by atoms with Crippen molar-refractivity contribution in [3.05, 3.63) is 0 Å². The van der Waals surface area contributed by atoms with Crippen molar-refractivity contribution in [2.75, 3.05) is 18.1 Å². The number of sulfone groups is 1. The zero-order chi connectivity index (χ0) is 11.7. The fourth-order valence-corrected chi connectivity index (χ4v) is 5.71. The Hall–Kier alpha value is -0.180. The summed E-state index contributed by atoms with van der Waals surface area (Å²) in [7, 11) is -6.83. The van der Waals surface area contributed by atoms with Gasteiger partial charge in [0.15, 0.2) is 9.84 Å². The van der Waals surface area contributed by atoms with Crippen LogP contribution in [-0.2, 0) is 19.9 Å². The molecule has 1 saturated heterocycles. The summed E-state index contributed by atoms with van der Waals surface area (Å²) >= 11 is 0. The van der Waals surface area contributed by atoms with Crippen LogP contribution in [0.5, 0.6) is 0 Å². The zero-order valence-corrected chi connectivity index (χ0v) is 10.0. The van der Waals surface area contributed by atoms with Gasteiger partial charge in [0.2, 0.25) is 10.0 Å². The molecule has 0 aliphatic carbocycles. The highest BCUT2D eigenvalue weighted by molar-refractivity contribution is 7.95. The lowest BCUT2D eigenvalue weighted by Gasteiger charge is -2.15. The number of aliphatic hydroxyl groups is 1. The van der Waals surface area contributed by atoms with E-state index >= 15 is 0 Å². The highest BCUT2D eigenvalue weighted by Crippen LogP contribution is 2.18. The summed E-state index contributed by atoms with van der Waals surface area (Å²) in [6, 6.07) is -0.585. The van der Waals surface area contributed by atoms with Crippen LogP contribution in [0.2, 0.25) is 0 Å². The molecule has 8 heteroatoms. The van der Waals surface area contributed by atoms with E-state index < -0.39 is 31.2 Å². The van der Waals surface area contributed by atoms with Gasteiger partial charge in [-0.05, 0) is 13.3 Å². The highest BCUT2D eigenvalue weighted by atomic mass is 32.2. The maximum atomic E-state index is 11.6. The molecule has 90 valence electrons. The Labute approximate surface area is 89.7 Å². The molecule has 6 nitrogen and oxygen atoms in total. The van der Waals surface area contributed by atoms with Crippen LogP contribution >= 0.6 is 0 Å². The molecule has 1 rings (SSSR count). The Balaban J connectivity index is 2.72. The van der Waals surface area contributed by atoms with E-state index in [9.17, 15) is 16.8 Å². The second kappa shape index (κ2) is 4.36. The van der Waals surface area contributed by atoms with Crippen molar-refractivity contribution in [3.8, 4) is 0 Å². The SMILES string of the molecule is CC(CO)NS(=O)(=O)C1CCS(=O)(=O)C1. The fraction of sp³-hybridized carbons (Fsp3) is 1.00. The van der Waals surface area contributed by atoms with E-state index in [2.05, 4.69) is 4.72 Å². The van der Waals surface area contributed by atoms with Crippen LogP contribution in [0.15, 0.2) is 0 Å². The lowest BCUT2D eigenvalue weighted by Crippen LogP contribution is -2.41. The lowest BCUT2D eigenvalue weighted by molar-refractivity contribution is 0.265. The third kappa shape index (κ3) is 3.40. The number of aliphatic hydroxyl groups excluding tert-OH is 1. The average Bonchev–Trinajstić information content (AvgIpc) is 2.45. The first-order valence-electron chi connectivity index (χ1n) is 4.59. The predicted molar refractivity (Wildman–Crippen MR) is 55.7 cm³/mol. The van der Waals surface area contributed by atoms with Crippen LogP contribution in [0, 0.1) is 0 Å². The predicted octanol–water partition coefficient (Wildman–Crippen LogP) is -1.53. The van der Waals surface area contributed by atoms with Gasteiger partial charge >= 0.3 is 0 Å². The van der Waals surface area contributed by atoms with E-state index in [1.807, 2.05) is 0 Å². The molecular formula is C7H15NO5S2. The van der Waals surface area contributed by atoms with Crippen LogP contribution in [0.1, 0.15) is 13.3 Å². The molecule has 1 heterocycles. The van der Waals surface area contributed by atoms with Gasteiger partial charge in [0.25, 0.3) is 0 Å². The first-order chi connectivity index (χ1) is 6.77. The van der Waals surface area contributed by atoms with Gasteiger partial charge in [-0.15, -0.1) is 0 Å². The maximum absolute atomic E-state index is 11.6.